The van der Waals surface area contributed by atoms with E-state index in [1.165, 1.54) is 11.8 Å². The maximum atomic E-state index is 11.7. The van der Waals surface area contributed by atoms with Crippen molar-refractivity contribution < 1.29 is 8.42 Å². The molecule has 1 aliphatic heterocycles. The molecule has 122 valence electrons. The van der Waals surface area contributed by atoms with Crippen LogP contribution in [0, 0.1) is 0 Å². The highest BCUT2D eigenvalue weighted by Crippen LogP contribution is 2.19. The third-order valence-corrected chi connectivity index (χ3v) is 5.11. The quantitative estimate of drug-likeness (QED) is 0.620. The first-order valence-electron chi connectivity index (χ1n) is 7.46. The second-order valence-electron chi connectivity index (χ2n) is 5.46. The second-order valence-corrected chi connectivity index (χ2v) is 7.40. The number of hydrogen-bond donors (Lipinski definition) is 2. The van der Waals surface area contributed by atoms with Gasteiger partial charge in [0.1, 0.15) is 0 Å². The van der Waals surface area contributed by atoms with Crippen molar-refractivity contribution in [2.75, 3.05) is 26.4 Å². The molecule has 1 aromatic carbocycles. The maximum absolute atomic E-state index is 11.7. The molecular weight excluding hydrogens is 300 g/mol. The lowest BCUT2D eigenvalue weighted by atomic mass is 10.2. The molecule has 0 spiro atoms. The third-order valence-electron chi connectivity index (χ3n) is 3.78. The summed E-state index contributed by atoms with van der Waals surface area (Å²) in [6, 6.07) is 10.1. The number of sulfonamides is 1. The highest BCUT2D eigenvalue weighted by molar-refractivity contribution is 7.88. The van der Waals surface area contributed by atoms with Crippen LogP contribution in [-0.4, -0.2) is 51.1 Å². The lowest BCUT2D eigenvalue weighted by Gasteiger charge is -2.23. The summed E-state index contributed by atoms with van der Waals surface area (Å²) in [6.07, 6.45) is 3.07. The van der Waals surface area contributed by atoms with E-state index in [1.807, 2.05) is 30.3 Å². The molecule has 0 saturated carbocycles. The Labute approximate surface area is 132 Å². The molecule has 6 nitrogen and oxygen atoms in total. The molecule has 1 saturated heterocycles. The Hall–Kier alpha value is -1.60. The number of hydrogen-bond acceptors (Lipinski definition) is 3. The van der Waals surface area contributed by atoms with E-state index in [9.17, 15) is 8.42 Å². The Balaban J connectivity index is 1.84. The van der Waals surface area contributed by atoms with Gasteiger partial charge in [0.05, 0.1) is 6.26 Å². The van der Waals surface area contributed by atoms with Crippen molar-refractivity contribution in [3.8, 4) is 0 Å². The van der Waals surface area contributed by atoms with Gasteiger partial charge in [0.2, 0.25) is 10.0 Å². The van der Waals surface area contributed by atoms with Crippen LogP contribution in [0.2, 0.25) is 0 Å². The molecule has 0 bridgehead atoms. The summed E-state index contributed by atoms with van der Waals surface area (Å²) in [6.45, 7) is 1.86. The van der Waals surface area contributed by atoms with E-state index in [1.54, 1.807) is 11.4 Å². The van der Waals surface area contributed by atoms with Crippen molar-refractivity contribution in [2.45, 2.75) is 25.4 Å². The van der Waals surface area contributed by atoms with Crippen molar-refractivity contribution in [1.82, 2.24) is 14.9 Å². The maximum Gasteiger partial charge on any atom is 0.211 e. The zero-order valence-corrected chi connectivity index (χ0v) is 13.9. The van der Waals surface area contributed by atoms with E-state index < -0.39 is 10.0 Å². The molecule has 22 heavy (non-hydrogen) atoms. The van der Waals surface area contributed by atoms with Crippen molar-refractivity contribution in [3.63, 3.8) is 0 Å². The van der Waals surface area contributed by atoms with Gasteiger partial charge in [-0.3, -0.25) is 4.99 Å². The van der Waals surface area contributed by atoms with Crippen LogP contribution in [0.3, 0.4) is 0 Å². The molecule has 2 N–H and O–H groups in total. The molecule has 1 aromatic rings. The Kier molecular flexibility index (Phi) is 5.79. The predicted octanol–water partition coefficient (Wildman–Crippen LogP) is 0.776. The smallest absolute Gasteiger partial charge is 0.211 e. The zero-order valence-electron chi connectivity index (χ0n) is 13.1. The molecule has 7 heteroatoms. The molecule has 0 radical (unpaired) electrons. The topological polar surface area (TPSA) is 73.8 Å². The Bertz CT molecular complexity index is 601. The van der Waals surface area contributed by atoms with Crippen molar-refractivity contribution in [2.24, 2.45) is 4.99 Å². The molecule has 2 rings (SSSR count). The first-order chi connectivity index (χ1) is 10.5. The monoisotopic (exact) mass is 324 g/mol. The van der Waals surface area contributed by atoms with Gasteiger partial charge >= 0.3 is 0 Å². The van der Waals surface area contributed by atoms with E-state index in [2.05, 4.69) is 15.6 Å². The van der Waals surface area contributed by atoms with Crippen LogP contribution in [-0.2, 0) is 16.6 Å². The van der Waals surface area contributed by atoms with Gasteiger partial charge < -0.3 is 10.6 Å². The fourth-order valence-corrected chi connectivity index (χ4v) is 3.85. The highest BCUT2D eigenvalue weighted by Gasteiger charge is 2.31. The molecule has 0 unspecified atom stereocenters. The highest BCUT2D eigenvalue weighted by atomic mass is 32.2. The van der Waals surface area contributed by atoms with E-state index in [4.69, 9.17) is 0 Å². The summed E-state index contributed by atoms with van der Waals surface area (Å²) in [5.41, 5.74) is 1.17. The number of guanidine groups is 1. The second kappa shape index (κ2) is 7.60. The van der Waals surface area contributed by atoms with Gasteiger partial charge in [-0.15, -0.1) is 0 Å². The van der Waals surface area contributed by atoms with Crippen LogP contribution in [0.4, 0.5) is 0 Å². The first-order valence-corrected chi connectivity index (χ1v) is 9.31. The molecule has 1 fully saturated rings. The van der Waals surface area contributed by atoms with Gasteiger partial charge in [0, 0.05) is 32.7 Å². The molecule has 0 aromatic heterocycles. The minimum atomic E-state index is -3.13. The van der Waals surface area contributed by atoms with Crippen LogP contribution >= 0.6 is 0 Å². The Morgan fingerprint density at radius 2 is 2.05 bits per heavy atom. The molecule has 1 heterocycles. The minimum absolute atomic E-state index is 0.00488. The Morgan fingerprint density at radius 3 is 2.68 bits per heavy atom. The summed E-state index contributed by atoms with van der Waals surface area (Å²) >= 11 is 0. The van der Waals surface area contributed by atoms with Crippen LogP contribution in [0.5, 0.6) is 0 Å². The lowest BCUT2D eigenvalue weighted by molar-refractivity contribution is 0.387. The van der Waals surface area contributed by atoms with Gasteiger partial charge in [-0.2, -0.15) is 4.31 Å². The zero-order chi connectivity index (χ0) is 16.0. The summed E-state index contributed by atoms with van der Waals surface area (Å²) in [4.78, 5) is 4.18. The van der Waals surface area contributed by atoms with Crippen LogP contribution in [0.25, 0.3) is 0 Å². The molecule has 0 aliphatic carbocycles. The summed E-state index contributed by atoms with van der Waals surface area (Å²) in [5.74, 6) is 0.684. The van der Waals surface area contributed by atoms with Crippen LogP contribution < -0.4 is 10.6 Å². The average Bonchev–Trinajstić information content (AvgIpc) is 2.97. The van der Waals surface area contributed by atoms with E-state index >= 15 is 0 Å². The fraction of sp³-hybridized carbons (Fsp3) is 0.533. The molecule has 1 atom stereocenters. The normalized spacial score (nSPS) is 20.1. The summed E-state index contributed by atoms with van der Waals surface area (Å²) < 4.78 is 25.0. The first kappa shape index (κ1) is 16.8. The lowest BCUT2D eigenvalue weighted by Crippen LogP contribution is -2.46. The van der Waals surface area contributed by atoms with Gasteiger partial charge in [0.15, 0.2) is 5.96 Å². The number of aliphatic imine (C=N–C) groups is 1. The molecular formula is C15H24N4O2S. The Morgan fingerprint density at radius 1 is 1.32 bits per heavy atom. The molecule has 0 amide bonds. The minimum Gasteiger partial charge on any atom is -0.355 e. The van der Waals surface area contributed by atoms with Gasteiger partial charge in [-0.05, 0) is 18.4 Å². The van der Waals surface area contributed by atoms with E-state index in [0.717, 1.165) is 12.8 Å². The number of rotatable bonds is 5. The number of nitrogens with one attached hydrogen (secondary N) is 2. The van der Waals surface area contributed by atoms with Crippen molar-refractivity contribution in [1.29, 1.82) is 0 Å². The number of benzene rings is 1. The van der Waals surface area contributed by atoms with E-state index in [0.29, 0.717) is 25.6 Å². The SMILES string of the molecule is CN=C(NCc1ccccc1)NC[C@H]1CCCN1S(C)(=O)=O. The largest absolute Gasteiger partial charge is 0.355 e. The molecule has 1 aliphatic rings. The summed E-state index contributed by atoms with van der Waals surface area (Å²) in [7, 11) is -1.42. The van der Waals surface area contributed by atoms with Crippen LogP contribution in [0.1, 0.15) is 18.4 Å². The van der Waals surface area contributed by atoms with Gasteiger partial charge in [-0.25, -0.2) is 8.42 Å². The third kappa shape index (κ3) is 4.71. The van der Waals surface area contributed by atoms with Crippen molar-refractivity contribution in [3.05, 3.63) is 35.9 Å². The van der Waals surface area contributed by atoms with E-state index in [-0.39, 0.29) is 6.04 Å². The van der Waals surface area contributed by atoms with Crippen LogP contribution in [0.15, 0.2) is 35.3 Å². The number of nitrogens with zero attached hydrogens (tertiary/aromatic N) is 2. The standard InChI is InChI=1S/C15H24N4O2S/c1-16-15(17-11-13-7-4-3-5-8-13)18-12-14-9-6-10-19(14)22(2,20)21/h3-5,7-8,14H,6,9-12H2,1-2H3,(H2,16,17,18)/t14-/m1/s1. The van der Waals surface area contributed by atoms with Crippen molar-refractivity contribution >= 4 is 16.0 Å². The fourth-order valence-electron chi connectivity index (χ4n) is 2.67. The summed E-state index contributed by atoms with van der Waals surface area (Å²) in [5, 5.41) is 6.45. The predicted molar refractivity (Wildman–Crippen MR) is 89.2 cm³/mol. The van der Waals surface area contributed by atoms with Gasteiger partial charge in [-0.1, -0.05) is 30.3 Å². The average molecular weight is 324 g/mol. The van der Waals surface area contributed by atoms with Gasteiger partial charge in [0.25, 0.3) is 0 Å².